The lowest BCUT2D eigenvalue weighted by Crippen LogP contribution is -2.44. The lowest BCUT2D eigenvalue weighted by atomic mass is 9.77. The highest BCUT2D eigenvalue weighted by Crippen LogP contribution is 2.44. The molecule has 2 aromatic carbocycles. The fourth-order valence-corrected chi connectivity index (χ4v) is 5.22. The maximum atomic E-state index is 13.7. The molecule has 2 aliphatic rings. The van der Waals surface area contributed by atoms with Crippen LogP contribution in [-0.4, -0.2) is 33.4 Å². The van der Waals surface area contributed by atoms with Crippen LogP contribution in [0, 0.1) is 0 Å². The molecule has 144 valence electrons. The van der Waals surface area contributed by atoms with Gasteiger partial charge in [-0.1, -0.05) is 48.7 Å². The van der Waals surface area contributed by atoms with Crippen LogP contribution in [0.2, 0.25) is 5.02 Å². The van der Waals surface area contributed by atoms with Crippen molar-refractivity contribution in [1.29, 1.82) is 0 Å². The number of likely N-dealkylation sites (tertiary alicyclic amines) is 1. The number of benzene rings is 2. The van der Waals surface area contributed by atoms with Crippen LogP contribution >= 0.6 is 11.6 Å². The van der Waals surface area contributed by atoms with E-state index in [0.717, 1.165) is 66.8 Å². The van der Waals surface area contributed by atoms with Crippen LogP contribution in [0.3, 0.4) is 0 Å². The number of carbonyl (C=O) groups is 1. The first-order valence-electron chi connectivity index (χ1n) is 10.1. The van der Waals surface area contributed by atoms with Gasteiger partial charge in [0.05, 0.1) is 28.8 Å². The number of hydrogen-bond donors (Lipinski definition) is 0. The van der Waals surface area contributed by atoms with Gasteiger partial charge in [0, 0.05) is 18.1 Å². The summed E-state index contributed by atoms with van der Waals surface area (Å²) in [6, 6.07) is 16.4. The van der Waals surface area contributed by atoms with Crippen LogP contribution in [0.15, 0.2) is 54.9 Å². The van der Waals surface area contributed by atoms with Crippen molar-refractivity contribution in [3.05, 3.63) is 65.4 Å². The van der Waals surface area contributed by atoms with Crippen molar-refractivity contribution in [2.24, 2.45) is 0 Å². The smallest absolute Gasteiger partial charge is 0.233 e. The standard InChI is InChI=1S/C23H24ClN3O/c24-18-9-7-17(8-10-18)23(12-3-4-13-23)22(28)26-14-11-19(15-26)27-16-25-20-5-1-2-6-21(20)27/h1-2,5-10,16,19H,3-4,11-15H2. The van der Waals surface area contributed by atoms with Gasteiger partial charge in [-0.15, -0.1) is 0 Å². The van der Waals surface area contributed by atoms with Crippen LogP contribution in [0.5, 0.6) is 0 Å². The molecule has 1 unspecified atom stereocenters. The summed E-state index contributed by atoms with van der Waals surface area (Å²) in [4.78, 5) is 20.3. The highest BCUT2D eigenvalue weighted by atomic mass is 35.5. The largest absolute Gasteiger partial charge is 0.340 e. The first-order chi connectivity index (χ1) is 13.7. The molecule has 1 saturated heterocycles. The van der Waals surface area contributed by atoms with Crippen molar-refractivity contribution in [1.82, 2.24) is 14.5 Å². The van der Waals surface area contributed by atoms with Gasteiger partial charge < -0.3 is 9.47 Å². The molecule has 1 saturated carbocycles. The van der Waals surface area contributed by atoms with E-state index in [0.29, 0.717) is 11.9 Å². The summed E-state index contributed by atoms with van der Waals surface area (Å²) in [6.07, 6.45) is 6.98. The van der Waals surface area contributed by atoms with Gasteiger partial charge in [0.2, 0.25) is 5.91 Å². The molecule has 0 N–H and O–H groups in total. The number of rotatable bonds is 3. The van der Waals surface area contributed by atoms with E-state index in [1.54, 1.807) is 0 Å². The van der Waals surface area contributed by atoms with Crippen LogP contribution in [-0.2, 0) is 10.2 Å². The Morgan fingerprint density at radius 1 is 1.07 bits per heavy atom. The van der Waals surface area contributed by atoms with Crippen molar-refractivity contribution in [3.8, 4) is 0 Å². The predicted molar refractivity (Wildman–Crippen MR) is 112 cm³/mol. The molecule has 1 aliphatic carbocycles. The van der Waals surface area contributed by atoms with E-state index in [9.17, 15) is 4.79 Å². The quantitative estimate of drug-likeness (QED) is 0.629. The monoisotopic (exact) mass is 393 g/mol. The van der Waals surface area contributed by atoms with Gasteiger partial charge >= 0.3 is 0 Å². The Balaban J connectivity index is 1.41. The third kappa shape index (κ3) is 2.82. The molecule has 0 radical (unpaired) electrons. The van der Waals surface area contributed by atoms with Gasteiger partial charge in [-0.25, -0.2) is 4.98 Å². The van der Waals surface area contributed by atoms with E-state index >= 15 is 0 Å². The Kier molecular flexibility index (Phi) is 4.39. The van der Waals surface area contributed by atoms with Gasteiger partial charge in [-0.05, 0) is 49.1 Å². The number of halogens is 1. The molecule has 2 heterocycles. The molecular formula is C23H24ClN3O. The summed E-state index contributed by atoms with van der Waals surface area (Å²) in [5.74, 6) is 0.291. The molecule has 1 aliphatic heterocycles. The zero-order valence-corrected chi connectivity index (χ0v) is 16.6. The number of aromatic nitrogens is 2. The van der Waals surface area contributed by atoms with Crippen molar-refractivity contribution in [2.75, 3.05) is 13.1 Å². The van der Waals surface area contributed by atoms with E-state index in [2.05, 4.69) is 20.5 Å². The maximum Gasteiger partial charge on any atom is 0.233 e. The first kappa shape index (κ1) is 17.7. The fraction of sp³-hybridized carbons (Fsp3) is 0.391. The second-order valence-electron chi connectivity index (χ2n) is 8.13. The zero-order valence-electron chi connectivity index (χ0n) is 15.9. The van der Waals surface area contributed by atoms with Gasteiger partial charge in [-0.2, -0.15) is 0 Å². The normalized spacial score (nSPS) is 21.5. The molecule has 4 nitrogen and oxygen atoms in total. The fourth-order valence-electron chi connectivity index (χ4n) is 5.10. The number of hydrogen-bond acceptors (Lipinski definition) is 2. The van der Waals surface area contributed by atoms with E-state index in [-0.39, 0.29) is 5.41 Å². The summed E-state index contributed by atoms with van der Waals surface area (Å²) in [5, 5.41) is 0.720. The zero-order chi connectivity index (χ0) is 19.1. The Labute approximate surface area is 170 Å². The van der Waals surface area contributed by atoms with Crippen LogP contribution in [0.1, 0.15) is 43.7 Å². The average Bonchev–Trinajstić information content (AvgIpc) is 3.47. The molecule has 2 fully saturated rings. The average molecular weight is 394 g/mol. The van der Waals surface area contributed by atoms with E-state index in [1.807, 2.05) is 48.8 Å². The number of para-hydroxylation sites is 2. The molecule has 5 heteroatoms. The van der Waals surface area contributed by atoms with E-state index in [4.69, 9.17) is 11.6 Å². The predicted octanol–water partition coefficient (Wildman–Crippen LogP) is 4.98. The topological polar surface area (TPSA) is 38.1 Å². The first-order valence-corrected chi connectivity index (χ1v) is 10.5. The van der Waals surface area contributed by atoms with Gasteiger partial charge in [0.1, 0.15) is 0 Å². The third-order valence-corrected chi connectivity index (χ3v) is 6.84. The lowest BCUT2D eigenvalue weighted by molar-refractivity contribution is -0.136. The van der Waals surface area contributed by atoms with Crippen molar-refractivity contribution < 1.29 is 4.79 Å². The SMILES string of the molecule is O=C(N1CCC(n2cnc3ccccc32)C1)C1(c2ccc(Cl)cc2)CCCC1. The van der Waals surface area contributed by atoms with Crippen LogP contribution in [0.4, 0.5) is 0 Å². The van der Waals surface area contributed by atoms with E-state index < -0.39 is 0 Å². The number of nitrogens with zero attached hydrogens (tertiary/aromatic N) is 3. The number of fused-ring (bicyclic) bond motifs is 1. The minimum Gasteiger partial charge on any atom is -0.340 e. The highest BCUT2D eigenvalue weighted by molar-refractivity contribution is 6.30. The summed E-state index contributed by atoms with van der Waals surface area (Å²) in [6.45, 7) is 1.57. The summed E-state index contributed by atoms with van der Waals surface area (Å²) in [5.41, 5.74) is 2.91. The second kappa shape index (κ2) is 6.93. The minimum atomic E-state index is -0.378. The summed E-state index contributed by atoms with van der Waals surface area (Å²) >= 11 is 6.09. The summed E-state index contributed by atoms with van der Waals surface area (Å²) < 4.78 is 2.24. The Morgan fingerprint density at radius 3 is 2.61 bits per heavy atom. The molecule has 1 aromatic heterocycles. The van der Waals surface area contributed by atoms with E-state index in [1.165, 1.54) is 0 Å². The molecule has 0 bridgehead atoms. The number of carbonyl (C=O) groups excluding carboxylic acids is 1. The minimum absolute atomic E-state index is 0.291. The van der Waals surface area contributed by atoms with Gasteiger partial charge in [0.15, 0.2) is 0 Å². The van der Waals surface area contributed by atoms with Crippen LogP contribution < -0.4 is 0 Å². The number of amides is 1. The second-order valence-corrected chi connectivity index (χ2v) is 8.57. The summed E-state index contributed by atoms with van der Waals surface area (Å²) in [7, 11) is 0. The molecule has 0 spiro atoms. The molecular weight excluding hydrogens is 370 g/mol. The number of imidazole rings is 1. The lowest BCUT2D eigenvalue weighted by Gasteiger charge is -2.33. The van der Waals surface area contributed by atoms with Gasteiger partial charge in [0.25, 0.3) is 0 Å². The Bertz CT molecular complexity index is 1000. The maximum absolute atomic E-state index is 13.7. The third-order valence-electron chi connectivity index (χ3n) is 6.59. The highest BCUT2D eigenvalue weighted by Gasteiger charge is 2.46. The molecule has 28 heavy (non-hydrogen) atoms. The molecule has 1 atom stereocenters. The molecule has 1 amide bonds. The van der Waals surface area contributed by atoms with Crippen molar-refractivity contribution >= 4 is 28.5 Å². The molecule has 3 aromatic rings. The molecule has 5 rings (SSSR count). The Morgan fingerprint density at radius 2 is 1.82 bits per heavy atom. The Hall–Kier alpha value is -2.33. The van der Waals surface area contributed by atoms with Gasteiger partial charge in [-0.3, -0.25) is 4.79 Å². The van der Waals surface area contributed by atoms with Crippen molar-refractivity contribution in [3.63, 3.8) is 0 Å². The van der Waals surface area contributed by atoms with Crippen molar-refractivity contribution in [2.45, 2.75) is 43.6 Å². The van der Waals surface area contributed by atoms with Crippen LogP contribution in [0.25, 0.3) is 11.0 Å².